The number of carbonyl (C=O) groups excluding carboxylic acids is 2. The van der Waals surface area contributed by atoms with Crippen molar-refractivity contribution >= 4 is 23.4 Å². The fourth-order valence-corrected chi connectivity index (χ4v) is 4.41. The van der Waals surface area contributed by atoms with Gasteiger partial charge in [0, 0.05) is 41.8 Å². The van der Waals surface area contributed by atoms with Crippen molar-refractivity contribution in [3.63, 3.8) is 0 Å². The molecule has 2 aromatic carbocycles. The van der Waals surface area contributed by atoms with E-state index >= 15 is 0 Å². The van der Waals surface area contributed by atoms with E-state index in [0.29, 0.717) is 35.8 Å². The lowest BCUT2D eigenvalue weighted by Crippen LogP contribution is -2.38. The van der Waals surface area contributed by atoms with Crippen molar-refractivity contribution in [1.82, 2.24) is 15.2 Å². The molecule has 33 heavy (non-hydrogen) atoms. The average molecular weight is 462 g/mol. The van der Waals surface area contributed by atoms with Crippen molar-refractivity contribution in [3.8, 4) is 0 Å². The summed E-state index contributed by atoms with van der Waals surface area (Å²) in [6, 6.07) is 18.9. The Kier molecular flexibility index (Phi) is 7.09. The Labute approximate surface area is 199 Å². The van der Waals surface area contributed by atoms with Crippen molar-refractivity contribution in [2.24, 2.45) is 0 Å². The zero-order chi connectivity index (χ0) is 23.4. The minimum atomic E-state index is -0.115. The van der Waals surface area contributed by atoms with Gasteiger partial charge in [-0.2, -0.15) is 0 Å². The van der Waals surface area contributed by atoms with Gasteiger partial charge in [0.2, 0.25) is 0 Å². The third kappa shape index (κ3) is 5.60. The molecule has 1 aliphatic rings. The number of nitrogens with one attached hydrogen (secondary N) is 1. The highest BCUT2D eigenvalue weighted by atomic mass is 35.5. The molecule has 1 N–H and O–H groups in total. The molecule has 0 bridgehead atoms. The predicted octanol–water partition coefficient (Wildman–Crippen LogP) is 5.30. The molecule has 0 aliphatic carbocycles. The summed E-state index contributed by atoms with van der Waals surface area (Å²) in [5.41, 5.74) is 5.18. The van der Waals surface area contributed by atoms with Gasteiger partial charge >= 0.3 is 0 Å². The number of rotatable bonds is 5. The first-order valence-electron chi connectivity index (χ1n) is 11.3. The number of carbonyl (C=O) groups is 2. The van der Waals surface area contributed by atoms with Crippen LogP contribution in [0.5, 0.6) is 0 Å². The van der Waals surface area contributed by atoms with Crippen LogP contribution in [0.2, 0.25) is 5.02 Å². The predicted molar refractivity (Wildman–Crippen MR) is 131 cm³/mol. The molecule has 2 amide bonds. The fourth-order valence-electron chi connectivity index (χ4n) is 4.22. The summed E-state index contributed by atoms with van der Waals surface area (Å²) in [6.07, 6.45) is 1.53. The lowest BCUT2D eigenvalue weighted by Gasteiger charge is -2.32. The smallest absolute Gasteiger partial charge is 0.253 e. The number of pyridine rings is 1. The van der Waals surface area contributed by atoms with Crippen LogP contribution in [0.1, 0.15) is 62.0 Å². The molecule has 5 nitrogen and oxygen atoms in total. The van der Waals surface area contributed by atoms with E-state index < -0.39 is 0 Å². The number of aromatic nitrogens is 1. The average Bonchev–Trinajstić information content (AvgIpc) is 2.83. The van der Waals surface area contributed by atoms with E-state index in [0.717, 1.165) is 29.8 Å². The van der Waals surface area contributed by atoms with E-state index in [1.54, 1.807) is 24.3 Å². The van der Waals surface area contributed by atoms with E-state index in [1.165, 1.54) is 5.56 Å². The Morgan fingerprint density at radius 3 is 2.45 bits per heavy atom. The van der Waals surface area contributed by atoms with Crippen LogP contribution >= 0.6 is 11.6 Å². The molecule has 0 radical (unpaired) electrons. The zero-order valence-corrected chi connectivity index (χ0v) is 19.7. The van der Waals surface area contributed by atoms with Gasteiger partial charge in [-0.05, 0) is 62.6 Å². The first-order chi connectivity index (χ1) is 15.9. The largest absolute Gasteiger partial charge is 0.348 e. The van der Waals surface area contributed by atoms with Crippen LogP contribution in [0.4, 0.5) is 0 Å². The number of hydrogen-bond acceptors (Lipinski definition) is 3. The number of amides is 2. The standard InChI is InChI=1S/C27H28ClN3O2/c1-18-6-9-20(10-7-18)17-29-26(32)24-11-8-19(2)30-25(24)21-12-14-31(15-13-21)27(33)22-4-3-5-23(28)16-22/h3-11,16,21H,12-15,17H2,1-2H3,(H,29,32). The van der Waals surface area contributed by atoms with E-state index in [2.05, 4.69) is 5.32 Å². The molecular formula is C27H28ClN3O2. The van der Waals surface area contributed by atoms with Crippen LogP contribution in [0.3, 0.4) is 0 Å². The van der Waals surface area contributed by atoms with Gasteiger partial charge < -0.3 is 10.2 Å². The minimum absolute atomic E-state index is 0.00999. The summed E-state index contributed by atoms with van der Waals surface area (Å²) in [5.74, 6) is 0.00756. The van der Waals surface area contributed by atoms with E-state index in [1.807, 2.05) is 55.1 Å². The van der Waals surface area contributed by atoms with Gasteiger partial charge in [-0.3, -0.25) is 14.6 Å². The number of halogens is 1. The molecule has 1 saturated heterocycles. The molecule has 4 rings (SSSR count). The first-order valence-corrected chi connectivity index (χ1v) is 11.6. The summed E-state index contributed by atoms with van der Waals surface area (Å²) in [5, 5.41) is 3.59. The second-order valence-corrected chi connectivity index (χ2v) is 9.07. The van der Waals surface area contributed by atoms with Crippen LogP contribution in [-0.2, 0) is 6.54 Å². The topological polar surface area (TPSA) is 62.3 Å². The summed E-state index contributed by atoms with van der Waals surface area (Å²) >= 11 is 6.05. The lowest BCUT2D eigenvalue weighted by molar-refractivity contribution is 0.0710. The maximum absolute atomic E-state index is 13.0. The molecule has 0 atom stereocenters. The zero-order valence-electron chi connectivity index (χ0n) is 19.0. The van der Waals surface area contributed by atoms with Gasteiger partial charge in [-0.25, -0.2) is 0 Å². The van der Waals surface area contributed by atoms with Gasteiger partial charge in [0.05, 0.1) is 11.3 Å². The first kappa shape index (κ1) is 23.0. The fraction of sp³-hybridized carbons (Fsp3) is 0.296. The third-order valence-corrected chi connectivity index (χ3v) is 6.36. The SMILES string of the molecule is Cc1ccc(CNC(=O)c2ccc(C)nc2C2CCN(C(=O)c3cccc(Cl)c3)CC2)cc1. The highest BCUT2D eigenvalue weighted by molar-refractivity contribution is 6.30. The lowest BCUT2D eigenvalue weighted by atomic mass is 9.89. The van der Waals surface area contributed by atoms with Crippen molar-refractivity contribution in [1.29, 1.82) is 0 Å². The molecule has 1 aromatic heterocycles. The van der Waals surface area contributed by atoms with Crippen molar-refractivity contribution in [2.75, 3.05) is 13.1 Å². The van der Waals surface area contributed by atoms with Gasteiger partial charge in [-0.15, -0.1) is 0 Å². The number of benzene rings is 2. The Hall–Kier alpha value is -3.18. The number of likely N-dealkylation sites (tertiary alicyclic amines) is 1. The molecule has 2 heterocycles. The maximum Gasteiger partial charge on any atom is 0.253 e. The maximum atomic E-state index is 13.0. The van der Waals surface area contributed by atoms with Gasteiger partial charge in [0.25, 0.3) is 11.8 Å². The summed E-state index contributed by atoms with van der Waals surface area (Å²) in [6.45, 7) is 5.70. The van der Waals surface area contributed by atoms with Crippen LogP contribution in [-0.4, -0.2) is 34.8 Å². The molecule has 1 fully saturated rings. The highest BCUT2D eigenvalue weighted by Gasteiger charge is 2.28. The Bertz CT molecular complexity index is 1150. The number of aryl methyl sites for hydroxylation is 2. The molecule has 170 valence electrons. The van der Waals surface area contributed by atoms with Crippen molar-refractivity contribution in [2.45, 2.75) is 39.2 Å². The van der Waals surface area contributed by atoms with Crippen molar-refractivity contribution < 1.29 is 9.59 Å². The second-order valence-electron chi connectivity index (χ2n) is 8.63. The molecular weight excluding hydrogens is 434 g/mol. The minimum Gasteiger partial charge on any atom is -0.348 e. The van der Waals surface area contributed by atoms with Crippen LogP contribution in [0, 0.1) is 13.8 Å². The summed E-state index contributed by atoms with van der Waals surface area (Å²) < 4.78 is 0. The molecule has 0 unspecified atom stereocenters. The molecule has 0 saturated carbocycles. The quantitative estimate of drug-likeness (QED) is 0.560. The van der Waals surface area contributed by atoms with Crippen LogP contribution in [0.15, 0.2) is 60.7 Å². The Balaban J connectivity index is 1.44. The Morgan fingerprint density at radius 2 is 1.76 bits per heavy atom. The number of nitrogens with zero attached hydrogens (tertiary/aromatic N) is 2. The molecule has 0 spiro atoms. The molecule has 3 aromatic rings. The third-order valence-electron chi connectivity index (χ3n) is 6.12. The van der Waals surface area contributed by atoms with E-state index in [9.17, 15) is 9.59 Å². The van der Waals surface area contributed by atoms with E-state index in [-0.39, 0.29) is 17.7 Å². The van der Waals surface area contributed by atoms with E-state index in [4.69, 9.17) is 16.6 Å². The Morgan fingerprint density at radius 1 is 1.03 bits per heavy atom. The van der Waals surface area contributed by atoms with Crippen molar-refractivity contribution in [3.05, 3.63) is 99.3 Å². The van der Waals surface area contributed by atoms with Gasteiger partial charge in [0.1, 0.15) is 0 Å². The van der Waals surface area contributed by atoms with Gasteiger partial charge in [0.15, 0.2) is 0 Å². The molecule has 1 aliphatic heterocycles. The van der Waals surface area contributed by atoms with Gasteiger partial charge in [-0.1, -0.05) is 47.5 Å². The van der Waals surface area contributed by atoms with Crippen LogP contribution in [0.25, 0.3) is 0 Å². The second kappa shape index (κ2) is 10.2. The number of piperidine rings is 1. The highest BCUT2D eigenvalue weighted by Crippen LogP contribution is 2.30. The monoisotopic (exact) mass is 461 g/mol. The summed E-state index contributed by atoms with van der Waals surface area (Å²) in [4.78, 5) is 32.5. The summed E-state index contributed by atoms with van der Waals surface area (Å²) in [7, 11) is 0. The van der Waals surface area contributed by atoms with Crippen LogP contribution < -0.4 is 5.32 Å². The number of hydrogen-bond donors (Lipinski definition) is 1. The molecule has 6 heteroatoms. The normalized spacial score (nSPS) is 14.2.